The van der Waals surface area contributed by atoms with Gasteiger partial charge in [-0.3, -0.25) is 0 Å². The van der Waals surface area contributed by atoms with Gasteiger partial charge in [-0.1, -0.05) is 0 Å². The smallest absolute Gasteiger partial charge is 0.0701 e. The Morgan fingerprint density at radius 3 is 2.18 bits per heavy atom. The number of ether oxygens (including phenoxy) is 3. The van der Waals surface area contributed by atoms with E-state index in [4.69, 9.17) is 19.9 Å². The summed E-state index contributed by atoms with van der Waals surface area (Å²) in [5.74, 6) is 0. The van der Waals surface area contributed by atoms with Crippen molar-refractivity contribution >= 4 is 11.4 Å². The van der Waals surface area contributed by atoms with E-state index in [0.29, 0.717) is 33.0 Å². The van der Waals surface area contributed by atoms with E-state index in [-0.39, 0.29) is 0 Å². The molecule has 0 saturated heterocycles. The quantitative estimate of drug-likeness (QED) is 0.475. The summed E-state index contributed by atoms with van der Waals surface area (Å²) >= 11 is 0. The van der Waals surface area contributed by atoms with Crippen LogP contribution >= 0.6 is 0 Å². The highest BCUT2D eigenvalue weighted by Gasteiger charge is 2.05. The SMILES string of the molecule is CCOCCOCCOCCN(CC)c1ccc(N)c(C)c1. The normalized spacial score (nSPS) is 10.9. The van der Waals surface area contributed by atoms with Crippen molar-refractivity contribution in [3.8, 4) is 0 Å². The summed E-state index contributed by atoms with van der Waals surface area (Å²) in [6, 6.07) is 6.14. The van der Waals surface area contributed by atoms with E-state index in [2.05, 4.69) is 24.0 Å². The Balaban J connectivity index is 2.17. The fourth-order valence-electron chi connectivity index (χ4n) is 2.09. The molecule has 0 bridgehead atoms. The fraction of sp³-hybridized carbons (Fsp3) is 0.647. The Kier molecular flexibility index (Phi) is 9.62. The van der Waals surface area contributed by atoms with Gasteiger partial charge in [-0.2, -0.15) is 0 Å². The number of nitrogens with zero attached hydrogens (tertiary/aromatic N) is 1. The van der Waals surface area contributed by atoms with Crippen LogP contribution in [0.2, 0.25) is 0 Å². The Morgan fingerprint density at radius 1 is 0.955 bits per heavy atom. The lowest BCUT2D eigenvalue weighted by Gasteiger charge is -2.23. The zero-order chi connectivity index (χ0) is 16.2. The largest absolute Gasteiger partial charge is 0.399 e. The maximum atomic E-state index is 5.86. The number of aryl methyl sites for hydroxylation is 1. The molecular weight excluding hydrogens is 280 g/mol. The van der Waals surface area contributed by atoms with Crippen LogP contribution in [0.25, 0.3) is 0 Å². The van der Waals surface area contributed by atoms with Crippen LogP contribution in [-0.2, 0) is 14.2 Å². The second kappa shape index (κ2) is 11.3. The minimum atomic E-state index is 0.611. The van der Waals surface area contributed by atoms with Crippen molar-refractivity contribution in [3.63, 3.8) is 0 Å². The molecule has 0 unspecified atom stereocenters. The molecule has 5 heteroatoms. The minimum Gasteiger partial charge on any atom is -0.399 e. The summed E-state index contributed by atoms with van der Waals surface area (Å²) < 4.78 is 16.2. The molecule has 0 saturated carbocycles. The molecule has 0 fully saturated rings. The van der Waals surface area contributed by atoms with Crippen LogP contribution in [0, 0.1) is 6.92 Å². The van der Waals surface area contributed by atoms with Crippen molar-refractivity contribution in [1.29, 1.82) is 0 Å². The molecule has 0 aromatic heterocycles. The van der Waals surface area contributed by atoms with Crippen LogP contribution in [0.4, 0.5) is 11.4 Å². The van der Waals surface area contributed by atoms with Crippen molar-refractivity contribution in [2.45, 2.75) is 20.8 Å². The van der Waals surface area contributed by atoms with Crippen molar-refractivity contribution in [2.24, 2.45) is 0 Å². The molecule has 0 aliphatic rings. The van der Waals surface area contributed by atoms with Gasteiger partial charge in [0.25, 0.3) is 0 Å². The second-order valence-corrected chi connectivity index (χ2v) is 5.04. The highest BCUT2D eigenvalue weighted by molar-refractivity contribution is 5.57. The van der Waals surface area contributed by atoms with E-state index in [0.717, 1.165) is 30.9 Å². The molecule has 0 amide bonds. The lowest BCUT2D eigenvalue weighted by atomic mass is 10.1. The third-order valence-corrected chi connectivity index (χ3v) is 3.45. The zero-order valence-electron chi connectivity index (χ0n) is 14.1. The van der Waals surface area contributed by atoms with Crippen LogP contribution in [0.3, 0.4) is 0 Å². The molecule has 0 aliphatic carbocycles. The number of rotatable bonds is 12. The maximum Gasteiger partial charge on any atom is 0.0701 e. The number of hydrogen-bond donors (Lipinski definition) is 1. The van der Waals surface area contributed by atoms with Gasteiger partial charge in [-0.15, -0.1) is 0 Å². The van der Waals surface area contributed by atoms with E-state index >= 15 is 0 Å². The maximum absolute atomic E-state index is 5.86. The predicted molar refractivity (Wildman–Crippen MR) is 91.6 cm³/mol. The first-order valence-corrected chi connectivity index (χ1v) is 8.03. The van der Waals surface area contributed by atoms with E-state index in [1.165, 1.54) is 5.69 Å². The van der Waals surface area contributed by atoms with E-state index < -0.39 is 0 Å². The molecule has 2 N–H and O–H groups in total. The van der Waals surface area contributed by atoms with Gasteiger partial charge in [0.2, 0.25) is 0 Å². The predicted octanol–water partition coefficient (Wildman–Crippen LogP) is 2.47. The van der Waals surface area contributed by atoms with Crippen molar-refractivity contribution in [3.05, 3.63) is 23.8 Å². The van der Waals surface area contributed by atoms with Gasteiger partial charge >= 0.3 is 0 Å². The number of likely N-dealkylation sites (N-methyl/N-ethyl adjacent to an activating group) is 1. The molecular formula is C17H30N2O3. The van der Waals surface area contributed by atoms with Crippen molar-refractivity contribution in [2.75, 3.05) is 63.4 Å². The van der Waals surface area contributed by atoms with Crippen LogP contribution in [0.15, 0.2) is 18.2 Å². The van der Waals surface area contributed by atoms with Crippen molar-refractivity contribution < 1.29 is 14.2 Å². The van der Waals surface area contributed by atoms with E-state index in [1.807, 2.05) is 19.9 Å². The highest BCUT2D eigenvalue weighted by Crippen LogP contribution is 2.20. The van der Waals surface area contributed by atoms with Gasteiger partial charge in [-0.25, -0.2) is 0 Å². The summed E-state index contributed by atoms with van der Waals surface area (Å²) in [7, 11) is 0. The van der Waals surface area contributed by atoms with Crippen molar-refractivity contribution in [1.82, 2.24) is 0 Å². The third-order valence-electron chi connectivity index (χ3n) is 3.45. The Hall–Kier alpha value is -1.30. The summed E-state index contributed by atoms with van der Waals surface area (Å²) in [4.78, 5) is 2.28. The first kappa shape index (κ1) is 18.7. The van der Waals surface area contributed by atoms with Gasteiger partial charge in [0.15, 0.2) is 0 Å². The van der Waals surface area contributed by atoms with Crippen LogP contribution in [0.1, 0.15) is 19.4 Å². The van der Waals surface area contributed by atoms with Gasteiger partial charge < -0.3 is 24.8 Å². The lowest BCUT2D eigenvalue weighted by molar-refractivity contribution is 0.0183. The lowest BCUT2D eigenvalue weighted by Crippen LogP contribution is -2.27. The summed E-state index contributed by atoms with van der Waals surface area (Å²) in [5.41, 5.74) is 8.99. The standard InChI is InChI=1S/C17H30N2O3/c1-4-19(16-6-7-17(18)15(3)14-16)8-9-21-12-13-22-11-10-20-5-2/h6-7,14H,4-5,8-13,18H2,1-3H3. The molecule has 1 rings (SSSR count). The zero-order valence-corrected chi connectivity index (χ0v) is 14.1. The monoisotopic (exact) mass is 310 g/mol. The molecule has 0 atom stereocenters. The summed E-state index contributed by atoms with van der Waals surface area (Å²) in [5, 5.41) is 0. The van der Waals surface area contributed by atoms with Gasteiger partial charge in [-0.05, 0) is 44.5 Å². The molecule has 22 heavy (non-hydrogen) atoms. The third kappa shape index (κ3) is 7.11. The number of benzene rings is 1. The Labute approximate surface area is 134 Å². The molecule has 0 radical (unpaired) electrons. The second-order valence-electron chi connectivity index (χ2n) is 5.04. The van der Waals surface area contributed by atoms with Gasteiger partial charge in [0.05, 0.1) is 33.0 Å². The molecule has 0 spiro atoms. The number of hydrogen-bond acceptors (Lipinski definition) is 5. The van der Waals surface area contributed by atoms with Gasteiger partial charge in [0.1, 0.15) is 0 Å². The topological polar surface area (TPSA) is 57.0 Å². The molecule has 0 aliphatic heterocycles. The first-order valence-electron chi connectivity index (χ1n) is 8.03. The Bertz CT molecular complexity index is 413. The number of anilines is 2. The van der Waals surface area contributed by atoms with Gasteiger partial charge in [0, 0.05) is 31.1 Å². The molecule has 1 aromatic rings. The highest BCUT2D eigenvalue weighted by atomic mass is 16.5. The average Bonchev–Trinajstić information content (AvgIpc) is 2.52. The van der Waals surface area contributed by atoms with Crippen LogP contribution in [0.5, 0.6) is 0 Å². The summed E-state index contributed by atoms with van der Waals surface area (Å²) in [6.45, 7) is 11.9. The fourth-order valence-corrected chi connectivity index (χ4v) is 2.09. The number of nitrogen functional groups attached to an aromatic ring is 1. The van der Waals surface area contributed by atoms with E-state index in [9.17, 15) is 0 Å². The Morgan fingerprint density at radius 2 is 1.59 bits per heavy atom. The van der Waals surface area contributed by atoms with E-state index in [1.54, 1.807) is 0 Å². The average molecular weight is 310 g/mol. The minimum absolute atomic E-state index is 0.611. The number of nitrogens with two attached hydrogens (primary N) is 1. The molecule has 0 heterocycles. The first-order chi connectivity index (χ1) is 10.7. The molecule has 5 nitrogen and oxygen atoms in total. The molecule has 126 valence electrons. The summed E-state index contributed by atoms with van der Waals surface area (Å²) in [6.07, 6.45) is 0. The molecule has 1 aromatic carbocycles. The van der Waals surface area contributed by atoms with Crippen LogP contribution in [-0.4, -0.2) is 52.7 Å². The van der Waals surface area contributed by atoms with Crippen LogP contribution < -0.4 is 10.6 Å².